The van der Waals surface area contributed by atoms with Crippen molar-refractivity contribution in [3.8, 4) is 0 Å². The van der Waals surface area contributed by atoms with Gasteiger partial charge in [0, 0.05) is 0 Å². The van der Waals surface area contributed by atoms with Crippen molar-refractivity contribution in [2.24, 2.45) is 23.0 Å². The molecule has 0 aromatic carbocycles. The Bertz CT molecular complexity index is 419. The fourth-order valence-corrected chi connectivity index (χ4v) is 3.54. The van der Waals surface area contributed by atoms with Crippen LogP contribution in [0.2, 0.25) is 0 Å². The van der Waals surface area contributed by atoms with E-state index in [9.17, 15) is 4.79 Å². The predicted octanol–water partition coefficient (Wildman–Crippen LogP) is 2.82. The summed E-state index contributed by atoms with van der Waals surface area (Å²) in [6.45, 7) is 10.1. The summed E-state index contributed by atoms with van der Waals surface area (Å²) in [6, 6.07) is 0. The second-order valence-corrected chi connectivity index (χ2v) is 6.97. The standard InChI is InChI=1S/C16H25NO2/c1-5-11-6-12-8-16(10-17,13(12)7-11)9-14(18)19-15(2,3)4/h5,7,12-13H,1,6,8-10,17H2,2-4H3/t12-,13-,16-/m1/s1. The SMILES string of the molecule is C=CC1=C[C@@H]2[C@H](C1)C[C@]2(CN)CC(=O)OC(C)(C)C. The molecule has 0 unspecified atom stereocenters. The van der Waals surface area contributed by atoms with Crippen LogP contribution in [0.15, 0.2) is 24.3 Å². The van der Waals surface area contributed by atoms with E-state index in [4.69, 9.17) is 10.5 Å². The van der Waals surface area contributed by atoms with E-state index in [0.29, 0.717) is 24.8 Å². The number of hydrogen-bond donors (Lipinski definition) is 1. The van der Waals surface area contributed by atoms with Crippen LogP contribution in [-0.4, -0.2) is 18.1 Å². The number of carbonyl (C=O) groups is 1. The fourth-order valence-electron chi connectivity index (χ4n) is 3.54. The Balaban J connectivity index is 2.04. The molecule has 2 rings (SSSR count). The van der Waals surface area contributed by atoms with Gasteiger partial charge in [-0.05, 0) is 57.4 Å². The highest BCUT2D eigenvalue weighted by molar-refractivity contribution is 5.71. The summed E-state index contributed by atoms with van der Waals surface area (Å²) < 4.78 is 5.44. The van der Waals surface area contributed by atoms with Crippen molar-refractivity contribution in [1.82, 2.24) is 0 Å². The van der Waals surface area contributed by atoms with Crippen molar-refractivity contribution in [2.75, 3.05) is 6.54 Å². The zero-order valence-corrected chi connectivity index (χ0v) is 12.2. The predicted molar refractivity (Wildman–Crippen MR) is 76.4 cm³/mol. The van der Waals surface area contributed by atoms with Crippen LogP contribution in [0.1, 0.15) is 40.0 Å². The largest absolute Gasteiger partial charge is 0.460 e. The minimum Gasteiger partial charge on any atom is -0.460 e. The van der Waals surface area contributed by atoms with Crippen LogP contribution in [0.4, 0.5) is 0 Å². The van der Waals surface area contributed by atoms with Crippen molar-refractivity contribution in [1.29, 1.82) is 0 Å². The Morgan fingerprint density at radius 1 is 1.63 bits per heavy atom. The van der Waals surface area contributed by atoms with Gasteiger partial charge in [0.15, 0.2) is 0 Å². The highest BCUT2D eigenvalue weighted by Gasteiger charge is 2.55. The molecule has 0 saturated heterocycles. The molecule has 0 aromatic rings. The quantitative estimate of drug-likeness (QED) is 0.793. The van der Waals surface area contributed by atoms with Gasteiger partial charge < -0.3 is 10.5 Å². The number of nitrogens with two attached hydrogens (primary N) is 1. The molecule has 3 nitrogen and oxygen atoms in total. The highest BCUT2D eigenvalue weighted by Crippen LogP contribution is 2.59. The van der Waals surface area contributed by atoms with Crippen LogP contribution >= 0.6 is 0 Å². The summed E-state index contributed by atoms with van der Waals surface area (Å²) in [5, 5.41) is 0. The van der Waals surface area contributed by atoms with Gasteiger partial charge in [0.05, 0.1) is 6.42 Å². The van der Waals surface area contributed by atoms with E-state index in [2.05, 4.69) is 12.7 Å². The van der Waals surface area contributed by atoms with Gasteiger partial charge >= 0.3 is 5.97 Å². The van der Waals surface area contributed by atoms with Gasteiger partial charge in [-0.1, -0.05) is 24.3 Å². The summed E-state index contributed by atoms with van der Waals surface area (Å²) in [4.78, 5) is 12.0. The topological polar surface area (TPSA) is 52.3 Å². The normalized spacial score (nSPS) is 33.2. The maximum atomic E-state index is 12.0. The summed E-state index contributed by atoms with van der Waals surface area (Å²) in [7, 11) is 0. The second-order valence-electron chi connectivity index (χ2n) is 6.97. The number of fused-ring (bicyclic) bond motifs is 1. The zero-order valence-electron chi connectivity index (χ0n) is 12.2. The smallest absolute Gasteiger partial charge is 0.306 e. The Hall–Kier alpha value is -1.09. The molecule has 3 heteroatoms. The van der Waals surface area contributed by atoms with Gasteiger partial charge in [-0.2, -0.15) is 0 Å². The van der Waals surface area contributed by atoms with E-state index in [-0.39, 0.29) is 11.4 Å². The lowest BCUT2D eigenvalue weighted by Crippen LogP contribution is -2.51. The second kappa shape index (κ2) is 4.78. The van der Waals surface area contributed by atoms with E-state index in [1.807, 2.05) is 26.8 Å². The van der Waals surface area contributed by atoms with Crippen molar-refractivity contribution in [3.63, 3.8) is 0 Å². The molecule has 1 fully saturated rings. The first-order chi connectivity index (χ1) is 8.79. The highest BCUT2D eigenvalue weighted by atomic mass is 16.6. The molecule has 0 bridgehead atoms. The van der Waals surface area contributed by atoms with Gasteiger partial charge in [0.25, 0.3) is 0 Å². The summed E-state index contributed by atoms with van der Waals surface area (Å²) in [6.07, 6.45) is 6.74. The van der Waals surface area contributed by atoms with Crippen LogP contribution in [0.5, 0.6) is 0 Å². The molecule has 1 saturated carbocycles. The average Bonchev–Trinajstić information content (AvgIpc) is 2.62. The van der Waals surface area contributed by atoms with Gasteiger partial charge in [-0.3, -0.25) is 4.79 Å². The zero-order chi connectivity index (χ0) is 14.3. The average molecular weight is 263 g/mol. The number of rotatable bonds is 4. The molecule has 0 aliphatic heterocycles. The molecular weight excluding hydrogens is 238 g/mol. The minimum absolute atomic E-state index is 0.0856. The van der Waals surface area contributed by atoms with Crippen LogP contribution in [0.25, 0.3) is 0 Å². The molecule has 0 radical (unpaired) electrons. The lowest BCUT2D eigenvalue weighted by atomic mass is 9.53. The van der Waals surface area contributed by atoms with E-state index in [1.165, 1.54) is 5.57 Å². The first kappa shape index (κ1) is 14.3. The third-order valence-corrected chi connectivity index (χ3v) is 4.36. The first-order valence-corrected chi connectivity index (χ1v) is 7.05. The lowest BCUT2D eigenvalue weighted by Gasteiger charge is -2.51. The van der Waals surface area contributed by atoms with Crippen LogP contribution in [-0.2, 0) is 9.53 Å². The molecule has 19 heavy (non-hydrogen) atoms. The minimum atomic E-state index is -0.423. The molecule has 3 atom stereocenters. The third kappa shape index (κ3) is 2.76. The van der Waals surface area contributed by atoms with Gasteiger partial charge in [0.2, 0.25) is 0 Å². The Labute approximate surface area is 115 Å². The van der Waals surface area contributed by atoms with E-state index in [0.717, 1.165) is 12.8 Å². The van der Waals surface area contributed by atoms with Crippen LogP contribution in [0.3, 0.4) is 0 Å². The van der Waals surface area contributed by atoms with E-state index < -0.39 is 5.60 Å². The Morgan fingerprint density at radius 3 is 2.84 bits per heavy atom. The van der Waals surface area contributed by atoms with Crippen molar-refractivity contribution < 1.29 is 9.53 Å². The Kier molecular flexibility index (Phi) is 3.61. The number of allylic oxidation sites excluding steroid dienone is 3. The molecule has 0 spiro atoms. The van der Waals surface area contributed by atoms with Crippen molar-refractivity contribution in [3.05, 3.63) is 24.3 Å². The summed E-state index contributed by atoms with van der Waals surface area (Å²) in [5.74, 6) is 0.953. The maximum Gasteiger partial charge on any atom is 0.306 e. The molecule has 0 heterocycles. The maximum absolute atomic E-state index is 12.0. The molecule has 0 amide bonds. The molecule has 2 aliphatic rings. The number of hydrogen-bond acceptors (Lipinski definition) is 3. The van der Waals surface area contributed by atoms with Crippen molar-refractivity contribution in [2.45, 2.75) is 45.6 Å². The Morgan fingerprint density at radius 2 is 2.32 bits per heavy atom. The summed E-state index contributed by atoms with van der Waals surface area (Å²) >= 11 is 0. The molecule has 106 valence electrons. The molecule has 0 aromatic heterocycles. The summed E-state index contributed by atoms with van der Waals surface area (Å²) in [5.41, 5.74) is 6.75. The monoisotopic (exact) mass is 263 g/mol. The number of ether oxygens (including phenoxy) is 1. The molecule has 2 N–H and O–H groups in total. The first-order valence-electron chi connectivity index (χ1n) is 7.05. The molecular formula is C16H25NO2. The van der Waals surface area contributed by atoms with Crippen LogP contribution < -0.4 is 5.73 Å². The number of esters is 1. The van der Waals surface area contributed by atoms with Crippen LogP contribution in [0, 0.1) is 17.3 Å². The van der Waals surface area contributed by atoms with Gasteiger partial charge in [0.1, 0.15) is 5.60 Å². The van der Waals surface area contributed by atoms with E-state index in [1.54, 1.807) is 0 Å². The molecule has 2 aliphatic carbocycles. The third-order valence-electron chi connectivity index (χ3n) is 4.36. The van der Waals surface area contributed by atoms with Gasteiger partial charge in [-0.25, -0.2) is 0 Å². The van der Waals surface area contributed by atoms with E-state index >= 15 is 0 Å². The van der Waals surface area contributed by atoms with Gasteiger partial charge in [-0.15, -0.1) is 0 Å². The lowest BCUT2D eigenvalue weighted by molar-refractivity contribution is -0.162. The van der Waals surface area contributed by atoms with Crippen molar-refractivity contribution >= 4 is 5.97 Å². The number of carbonyl (C=O) groups excluding carboxylic acids is 1. The fraction of sp³-hybridized carbons (Fsp3) is 0.688.